The molecule has 0 N–H and O–H groups in total. The summed E-state index contributed by atoms with van der Waals surface area (Å²) in [7, 11) is 0. The molecule has 2 aromatic carbocycles. The lowest BCUT2D eigenvalue weighted by atomic mass is 9.73. The number of carbonyl (C=O) groups excluding carboxylic acids is 1. The van der Waals surface area contributed by atoms with Crippen LogP contribution in [0.4, 0.5) is 10.3 Å². The Balaban J connectivity index is 1.33. The van der Waals surface area contributed by atoms with Crippen LogP contribution < -0.4 is 4.90 Å². The van der Waals surface area contributed by atoms with Crippen LogP contribution in [0.1, 0.15) is 18.4 Å². The third-order valence-corrected chi connectivity index (χ3v) is 6.46. The van der Waals surface area contributed by atoms with Crippen LogP contribution in [0.5, 0.6) is 0 Å². The molecule has 5 rings (SSSR count). The highest BCUT2D eigenvalue weighted by Gasteiger charge is 2.44. The molecule has 32 heavy (non-hydrogen) atoms. The topological polar surface area (TPSA) is 76.4 Å². The molecular weight excluding hydrogens is 411 g/mol. The highest BCUT2D eigenvalue weighted by atomic mass is 19.1. The predicted molar refractivity (Wildman–Crippen MR) is 116 cm³/mol. The molecule has 2 saturated heterocycles. The third-order valence-electron chi connectivity index (χ3n) is 6.46. The molecule has 0 spiro atoms. The zero-order valence-corrected chi connectivity index (χ0v) is 17.7. The van der Waals surface area contributed by atoms with E-state index in [-0.39, 0.29) is 11.7 Å². The number of piperazine rings is 1. The van der Waals surface area contributed by atoms with E-state index in [1.807, 2.05) is 35.2 Å². The first kappa shape index (κ1) is 20.6. The molecule has 8 nitrogen and oxygen atoms in total. The van der Waals surface area contributed by atoms with Crippen LogP contribution in [-0.2, 0) is 14.9 Å². The van der Waals surface area contributed by atoms with Gasteiger partial charge in [0.15, 0.2) is 0 Å². The standard InChI is InChI=1S/C23H25FN6O2/c24-19-8-6-18(7-9-19)23(10-16-32-17-11-23)21(31)28-12-14-29(15-13-28)22-25-26-27-30(22)20-4-2-1-3-5-20/h1-9H,10-17H2. The Morgan fingerprint density at radius 2 is 1.62 bits per heavy atom. The van der Waals surface area contributed by atoms with Gasteiger partial charge in [-0.15, -0.1) is 0 Å². The predicted octanol–water partition coefficient (Wildman–Crippen LogP) is 2.20. The molecule has 0 atom stereocenters. The second-order valence-corrected chi connectivity index (χ2v) is 8.21. The van der Waals surface area contributed by atoms with E-state index in [0.29, 0.717) is 58.2 Å². The highest BCUT2D eigenvalue weighted by molar-refractivity contribution is 5.88. The maximum absolute atomic E-state index is 13.8. The minimum atomic E-state index is -0.667. The summed E-state index contributed by atoms with van der Waals surface area (Å²) in [4.78, 5) is 17.8. The van der Waals surface area contributed by atoms with Crippen molar-refractivity contribution in [3.05, 3.63) is 66.0 Å². The van der Waals surface area contributed by atoms with Crippen molar-refractivity contribution in [1.29, 1.82) is 0 Å². The SMILES string of the molecule is O=C(N1CCN(c2nnnn2-c2ccccc2)CC1)C1(c2ccc(F)cc2)CCOCC1. The Kier molecular flexibility index (Phi) is 5.57. The summed E-state index contributed by atoms with van der Waals surface area (Å²) in [5.74, 6) is 0.463. The minimum absolute atomic E-state index is 0.0923. The number of halogens is 1. The van der Waals surface area contributed by atoms with Crippen LogP contribution >= 0.6 is 0 Å². The fourth-order valence-electron chi connectivity index (χ4n) is 4.64. The zero-order chi connectivity index (χ0) is 22.0. The van der Waals surface area contributed by atoms with Crippen molar-refractivity contribution in [2.75, 3.05) is 44.3 Å². The normalized spacial score (nSPS) is 18.5. The van der Waals surface area contributed by atoms with Crippen LogP contribution in [0.25, 0.3) is 5.69 Å². The average Bonchev–Trinajstić information content (AvgIpc) is 3.35. The Hall–Kier alpha value is -3.33. The zero-order valence-electron chi connectivity index (χ0n) is 17.7. The van der Waals surface area contributed by atoms with E-state index in [1.54, 1.807) is 16.8 Å². The molecule has 166 valence electrons. The summed E-state index contributed by atoms with van der Waals surface area (Å²) in [6.07, 6.45) is 1.20. The fourth-order valence-corrected chi connectivity index (χ4v) is 4.64. The smallest absolute Gasteiger partial charge is 0.250 e. The Bertz CT molecular complexity index is 1060. The molecular formula is C23H25FN6O2. The van der Waals surface area contributed by atoms with E-state index in [2.05, 4.69) is 20.4 Å². The van der Waals surface area contributed by atoms with Crippen LogP contribution in [0.15, 0.2) is 54.6 Å². The van der Waals surface area contributed by atoms with Gasteiger partial charge < -0.3 is 14.5 Å². The number of benzene rings is 2. The second kappa shape index (κ2) is 8.66. The second-order valence-electron chi connectivity index (χ2n) is 8.21. The first-order valence-electron chi connectivity index (χ1n) is 10.9. The maximum atomic E-state index is 13.8. The molecule has 0 bridgehead atoms. The van der Waals surface area contributed by atoms with Gasteiger partial charge in [-0.3, -0.25) is 4.79 Å². The quantitative estimate of drug-likeness (QED) is 0.624. The van der Waals surface area contributed by atoms with Crippen molar-refractivity contribution in [3.8, 4) is 5.69 Å². The summed E-state index contributed by atoms with van der Waals surface area (Å²) >= 11 is 0. The van der Waals surface area contributed by atoms with E-state index in [9.17, 15) is 9.18 Å². The monoisotopic (exact) mass is 436 g/mol. The number of ether oxygens (including phenoxy) is 1. The molecule has 0 saturated carbocycles. The minimum Gasteiger partial charge on any atom is -0.381 e. The van der Waals surface area contributed by atoms with Gasteiger partial charge in [0.05, 0.1) is 11.1 Å². The Morgan fingerprint density at radius 3 is 2.31 bits per heavy atom. The molecule has 1 aromatic heterocycles. The number of anilines is 1. The Labute approximate surface area is 185 Å². The summed E-state index contributed by atoms with van der Waals surface area (Å²) in [5.41, 5.74) is 1.09. The number of carbonyl (C=O) groups is 1. The van der Waals surface area contributed by atoms with Crippen molar-refractivity contribution in [2.24, 2.45) is 0 Å². The largest absolute Gasteiger partial charge is 0.381 e. The lowest BCUT2D eigenvalue weighted by Gasteiger charge is -2.43. The van der Waals surface area contributed by atoms with Crippen molar-refractivity contribution in [3.63, 3.8) is 0 Å². The summed E-state index contributed by atoms with van der Waals surface area (Å²) in [6.45, 7) is 3.46. The number of tetrazole rings is 1. The van der Waals surface area contributed by atoms with Gasteiger partial charge in [0.2, 0.25) is 11.9 Å². The number of rotatable bonds is 4. The number of para-hydroxylation sites is 1. The van der Waals surface area contributed by atoms with Gasteiger partial charge in [-0.2, -0.15) is 4.68 Å². The first-order valence-corrected chi connectivity index (χ1v) is 10.9. The van der Waals surface area contributed by atoms with Crippen molar-refractivity contribution in [2.45, 2.75) is 18.3 Å². The molecule has 2 aliphatic heterocycles. The number of hydrogen-bond donors (Lipinski definition) is 0. The molecule has 3 aromatic rings. The van der Waals surface area contributed by atoms with Crippen molar-refractivity contribution < 1.29 is 13.9 Å². The summed E-state index contributed by atoms with van der Waals surface area (Å²) in [6, 6.07) is 16.1. The van der Waals surface area contributed by atoms with Gasteiger partial charge in [0.1, 0.15) is 5.82 Å². The van der Waals surface area contributed by atoms with Gasteiger partial charge in [0, 0.05) is 39.4 Å². The molecule has 1 amide bonds. The molecule has 9 heteroatoms. The summed E-state index contributed by atoms with van der Waals surface area (Å²) in [5, 5.41) is 12.2. The van der Waals surface area contributed by atoms with Crippen LogP contribution in [0, 0.1) is 5.82 Å². The van der Waals surface area contributed by atoms with Crippen molar-refractivity contribution in [1.82, 2.24) is 25.1 Å². The summed E-state index contributed by atoms with van der Waals surface area (Å²) < 4.78 is 20.8. The van der Waals surface area contributed by atoms with Gasteiger partial charge >= 0.3 is 0 Å². The number of aromatic nitrogens is 4. The van der Waals surface area contributed by atoms with Crippen LogP contribution in [0.2, 0.25) is 0 Å². The van der Waals surface area contributed by atoms with Gasteiger partial charge in [-0.25, -0.2) is 4.39 Å². The molecule has 2 fully saturated rings. The van der Waals surface area contributed by atoms with E-state index < -0.39 is 5.41 Å². The highest BCUT2D eigenvalue weighted by Crippen LogP contribution is 2.37. The van der Waals surface area contributed by atoms with E-state index in [0.717, 1.165) is 11.3 Å². The molecule has 2 aliphatic rings. The fraction of sp³-hybridized carbons (Fsp3) is 0.391. The van der Waals surface area contributed by atoms with Crippen molar-refractivity contribution >= 4 is 11.9 Å². The molecule has 0 unspecified atom stereocenters. The number of nitrogens with zero attached hydrogens (tertiary/aromatic N) is 6. The Morgan fingerprint density at radius 1 is 0.938 bits per heavy atom. The average molecular weight is 436 g/mol. The number of amides is 1. The molecule has 0 radical (unpaired) electrons. The lowest BCUT2D eigenvalue weighted by Crippen LogP contribution is -2.56. The first-order chi connectivity index (χ1) is 15.7. The van der Waals surface area contributed by atoms with E-state index in [4.69, 9.17) is 4.74 Å². The van der Waals surface area contributed by atoms with Crippen LogP contribution in [-0.4, -0.2) is 70.4 Å². The maximum Gasteiger partial charge on any atom is 0.250 e. The van der Waals surface area contributed by atoms with E-state index in [1.165, 1.54) is 12.1 Å². The van der Waals surface area contributed by atoms with E-state index >= 15 is 0 Å². The van der Waals surface area contributed by atoms with Crippen LogP contribution in [0.3, 0.4) is 0 Å². The van der Waals surface area contributed by atoms with Gasteiger partial charge in [-0.1, -0.05) is 35.4 Å². The molecule has 0 aliphatic carbocycles. The van der Waals surface area contributed by atoms with Gasteiger partial charge in [0.25, 0.3) is 0 Å². The lowest BCUT2D eigenvalue weighted by molar-refractivity contribution is -0.141. The van der Waals surface area contributed by atoms with Gasteiger partial charge in [-0.05, 0) is 53.1 Å². The third kappa shape index (κ3) is 3.73. The number of hydrogen-bond acceptors (Lipinski definition) is 6. The molecule has 3 heterocycles.